The molecule has 0 amide bonds. The summed E-state index contributed by atoms with van der Waals surface area (Å²) in [5.74, 6) is -2.93. The van der Waals surface area contributed by atoms with E-state index in [2.05, 4.69) is 9.47 Å². The van der Waals surface area contributed by atoms with E-state index in [9.17, 15) is 18.0 Å². The second kappa shape index (κ2) is 5.36. The monoisotopic (exact) mass is 330 g/mol. The second-order valence-electron chi connectivity index (χ2n) is 5.08. The third-order valence-corrected chi connectivity index (χ3v) is 3.38. The van der Waals surface area contributed by atoms with Crippen LogP contribution in [0, 0.1) is 5.82 Å². The Morgan fingerprint density at radius 1 is 1.35 bits per heavy atom. The van der Waals surface area contributed by atoms with Crippen molar-refractivity contribution in [2.75, 3.05) is 6.61 Å². The lowest BCUT2D eigenvalue weighted by Gasteiger charge is -2.09. The van der Waals surface area contributed by atoms with E-state index in [0.29, 0.717) is 5.57 Å². The van der Waals surface area contributed by atoms with Crippen molar-refractivity contribution >= 4 is 11.5 Å². The number of alkyl halides is 2. The third-order valence-electron chi connectivity index (χ3n) is 3.38. The zero-order valence-corrected chi connectivity index (χ0v) is 12.3. The van der Waals surface area contributed by atoms with E-state index in [4.69, 9.17) is 9.47 Å². The van der Waals surface area contributed by atoms with Gasteiger partial charge in [-0.25, -0.2) is 9.18 Å². The molecule has 0 fully saturated rings. The number of carbonyl (C=O) groups excluding carboxylic acids is 1. The lowest BCUT2D eigenvalue weighted by molar-refractivity contribution is -0.287. The first-order chi connectivity index (χ1) is 10.8. The second-order valence-corrected chi connectivity index (χ2v) is 5.08. The molecule has 2 aliphatic heterocycles. The molecule has 5 nitrogen and oxygen atoms in total. The van der Waals surface area contributed by atoms with E-state index in [1.54, 1.807) is 13.8 Å². The van der Waals surface area contributed by atoms with E-state index in [0.717, 1.165) is 6.07 Å². The van der Waals surface area contributed by atoms with Crippen LogP contribution in [0.5, 0.6) is 11.5 Å². The van der Waals surface area contributed by atoms with Gasteiger partial charge >= 0.3 is 12.3 Å². The molecule has 0 bridgehead atoms. The molecule has 0 aliphatic carbocycles. The first kappa shape index (κ1) is 15.5. The van der Waals surface area contributed by atoms with Crippen molar-refractivity contribution in [3.63, 3.8) is 0 Å². The van der Waals surface area contributed by atoms with Crippen LogP contribution >= 0.6 is 0 Å². The van der Waals surface area contributed by atoms with Crippen LogP contribution in [0.4, 0.5) is 13.2 Å². The Balaban J connectivity index is 2.10. The summed E-state index contributed by atoms with van der Waals surface area (Å²) in [6.45, 7) is 3.47. The fourth-order valence-electron chi connectivity index (χ4n) is 2.53. The molecule has 2 aliphatic rings. The van der Waals surface area contributed by atoms with E-state index >= 15 is 0 Å². The standard InChI is InChI=1S/C15H13F3O5/c1-3-20-14(19)12-9(6-7(2)21-12)8-4-5-10(16)13-11(8)22-15(17,18)23-13/h4-5,7H,3,6H2,1-2H3. The topological polar surface area (TPSA) is 54.0 Å². The van der Waals surface area contributed by atoms with Crippen molar-refractivity contribution in [2.45, 2.75) is 32.7 Å². The summed E-state index contributed by atoms with van der Waals surface area (Å²) >= 11 is 0. The summed E-state index contributed by atoms with van der Waals surface area (Å²) in [4.78, 5) is 12.0. The predicted molar refractivity (Wildman–Crippen MR) is 71.3 cm³/mol. The van der Waals surface area contributed by atoms with Crippen LogP contribution in [0.2, 0.25) is 0 Å². The number of ether oxygens (including phenoxy) is 4. The number of esters is 1. The lowest BCUT2D eigenvalue weighted by Crippen LogP contribution is -2.26. The van der Waals surface area contributed by atoms with Crippen LogP contribution in [-0.4, -0.2) is 25.0 Å². The van der Waals surface area contributed by atoms with Crippen molar-refractivity contribution in [1.82, 2.24) is 0 Å². The summed E-state index contributed by atoms with van der Waals surface area (Å²) in [6.07, 6.45) is -4.05. The number of fused-ring (bicyclic) bond motifs is 1. The van der Waals surface area contributed by atoms with Gasteiger partial charge in [-0.15, -0.1) is 8.78 Å². The molecule has 3 rings (SSSR count). The Morgan fingerprint density at radius 2 is 2.04 bits per heavy atom. The van der Waals surface area contributed by atoms with E-state index < -0.39 is 29.6 Å². The highest BCUT2D eigenvalue weighted by Crippen LogP contribution is 2.49. The van der Waals surface area contributed by atoms with E-state index in [1.165, 1.54) is 6.07 Å². The van der Waals surface area contributed by atoms with Crippen LogP contribution in [0.3, 0.4) is 0 Å². The van der Waals surface area contributed by atoms with Gasteiger partial charge in [-0.05, 0) is 26.0 Å². The lowest BCUT2D eigenvalue weighted by atomic mass is 9.99. The maximum Gasteiger partial charge on any atom is 0.586 e. The number of hydrogen-bond acceptors (Lipinski definition) is 5. The van der Waals surface area contributed by atoms with Gasteiger partial charge in [0.05, 0.1) is 6.61 Å². The molecule has 1 aromatic carbocycles. The Morgan fingerprint density at radius 3 is 2.74 bits per heavy atom. The zero-order chi connectivity index (χ0) is 16.8. The summed E-state index contributed by atoms with van der Waals surface area (Å²) in [7, 11) is 0. The van der Waals surface area contributed by atoms with Gasteiger partial charge < -0.3 is 18.9 Å². The van der Waals surface area contributed by atoms with E-state index in [-0.39, 0.29) is 30.5 Å². The van der Waals surface area contributed by atoms with Gasteiger partial charge in [-0.1, -0.05) is 0 Å². The molecule has 0 saturated carbocycles. The Hall–Kier alpha value is -2.38. The van der Waals surface area contributed by atoms with Crippen LogP contribution in [0.25, 0.3) is 5.57 Å². The Bertz CT molecular complexity index is 699. The molecule has 0 radical (unpaired) electrons. The maximum atomic E-state index is 13.7. The minimum atomic E-state index is -3.96. The molecular weight excluding hydrogens is 317 g/mol. The molecule has 1 unspecified atom stereocenters. The summed E-state index contributed by atoms with van der Waals surface area (Å²) in [5.41, 5.74) is 0.430. The number of carbonyl (C=O) groups is 1. The molecule has 124 valence electrons. The molecule has 0 N–H and O–H groups in total. The average Bonchev–Trinajstić information content (AvgIpc) is 2.99. The molecule has 0 saturated heterocycles. The van der Waals surface area contributed by atoms with Crippen molar-refractivity contribution < 1.29 is 36.9 Å². The largest absolute Gasteiger partial charge is 0.586 e. The molecular formula is C15H13F3O5. The quantitative estimate of drug-likeness (QED) is 0.797. The van der Waals surface area contributed by atoms with Crippen LogP contribution < -0.4 is 9.47 Å². The van der Waals surface area contributed by atoms with Crippen LogP contribution in [0.1, 0.15) is 25.8 Å². The predicted octanol–water partition coefficient (Wildman–Crippen LogP) is 3.23. The van der Waals surface area contributed by atoms with Crippen molar-refractivity contribution in [1.29, 1.82) is 0 Å². The number of halogens is 3. The normalized spacial score (nSPS) is 21.3. The van der Waals surface area contributed by atoms with Crippen molar-refractivity contribution in [3.8, 4) is 11.5 Å². The highest BCUT2D eigenvalue weighted by atomic mass is 19.3. The van der Waals surface area contributed by atoms with Crippen molar-refractivity contribution in [3.05, 3.63) is 29.3 Å². The van der Waals surface area contributed by atoms with Crippen molar-refractivity contribution in [2.24, 2.45) is 0 Å². The van der Waals surface area contributed by atoms with Crippen LogP contribution in [-0.2, 0) is 14.3 Å². The molecule has 8 heteroatoms. The minimum Gasteiger partial charge on any atom is -0.483 e. The van der Waals surface area contributed by atoms with Crippen LogP contribution in [0.15, 0.2) is 17.9 Å². The number of hydrogen-bond donors (Lipinski definition) is 0. The van der Waals surface area contributed by atoms with Gasteiger partial charge in [0.15, 0.2) is 11.6 Å². The maximum absolute atomic E-state index is 13.7. The van der Waals surface area contributed by atoms with Gasteiger partial charge in [-0.3, -0.25) is 0 Å². The molecule has 1 atom stereocenters. The molecule has 23 heavy (non-hydrogen) atoms. The number of benzene rings is 1. The number of rotatable bonds is 3. The highest BCUT2D eigenvalue weighted by Gasteiger charge is 2.47. The van der Waals surface area contributed by atoms with E-state index in [1.807, 2.05) is 0 Å². The first-order valence-electron chi connectivity index (χ1n) is 6.98. The SMILES string of the molecule is CCOC(=O)C1=C(c2ccc(F)c3c2OC(F)(F)O3)CC(C)O1. The molecule has 1 aromatic rings. The molecule has 0 spiro atoms. The van der Waals surface area contributed by atoms with Gasteiger partial charge in [0.25, 0.3) is 0 Å². The zero-order valence-electron chi connectivity index (χ0n) is 12.3. The van der Waals surface area contributed by atoms with Gasteiger partial charge in [0.2, 0.25) is 11.5 Å². The first-order valence-corrected chi connectivity index (χ1v) is 6.98. The highest BCUT2D eigenvalue weighted by molar-refractivity contribution is 5.97. The summed E-state index contributed by atoms with van der Waals surface area (Å²) < 4.78 is 59.1. The van der Waals surface area contributed by atoms with Gasteiger partial charge in [0, 0.05) is 17.6 Å². The fourth-order valence-corrected chi connectivity index (χ4v) is 2.53. The average molecular weight is 330 g/mol. The molecule has 2 heterocycles. The summed E-state index contributed by atoms with van der Waals surface area (Å²) in [5, 5.41) is 0. The Labute approximate surface area is 129 Å². The Kier molecular flexibility index (Phi) is 3.62. The minimum absolute atomic E-state index is 0.0908. The summed E-state index contributed by atoms with van der Waals surface area (Å²) in [6, 6.07) is 2.21. The smallest absolute Gasteiger partial charge is 0.483 e. The van der Waals surface area contributed by atoms with Gasteiger partial charge in [0.1, 0.15) is 6.10 Å². The van der Waals surface area contributed by atoms with Gasteiger partial charge in [-0.2, -0.15) is 0 Å². The third kappa shape index (κ3) is 2.69. The molecule has 0 aromatic heterocycles. The fraction of sp³-hybridized carbons (Fsp3) is 0.400.